The number of hydrogen-bond acceptors (Lipinski definition) is 3. The number of benzene rings is 1. The molecule has 0 bridgehead atoms. The van der Waals surface area contributed by atoms with Crippen LogP contribution in [0.4, 0.5) is 0 Å². The molecule has 0 aliphatic rings. The monoisotopic (exact) mass is 232 g/mol. The first-order valence-electron chi connectivity index (χ1n) is 5.63. The molecular formula is C13H16N2O2. The zero-order valence-corrected chi connectivity index (χ0v) is 9.84. The predicted molar refractivity (Wildman–Crippen MR) is 65.5 cm³/mol. The fraction of sp³-hybridized carbons (Fsp3) is 0.308. The molecule has 0 aliphatic carbocycles. The zero-order chi connectivity index (χ0) is 12.1. The molecule has 0 radical (unpaired) electrons. The van der Waals surface area contributed by atoms with Gasteiger partial charge in [0.15, 0.2) is 0 Å². The van der Waals surface area contributed by atoms with E-state index in [9.17, 15) is 0 Å². The number of aromatic nitrogens is 2. The lowest BCUT2D eigenvalue weighted by Gasteiger charge is -2.07. The van der Waals surface area contributed by atoms with Gasteiger partial charge >= 0.3 is 0 Å². The number of aliphatic hydroxyl groups excluding tert-OH is 1. The summed E-state index contributed by atoms with van der Waals surface area (Å²) in [5.41, 5.74) is 2.04. The average Bonchev–Trinajstić information content (AvgIpc) is 2.85. The number of nitrogens with zero attached hydrogens (tertiary/aromatic N) is 2. The minimum atomic E-state index is 0.208. The number of aryl methyl sites for hydroxylation is 1. The highest BCUT2D eigenvalue weighted by molar-refractivity contribution is 5.46. The summed E-state index contributed by atoms with van der Waals surface area (Å²) in [7, 11) is 1.65. The molecule has 0 saturated heterocycles. The van der Waals surface area contributed by atoms with E-state index in [1.54, 1.807) is 11.8 Å². The minimum Gasteiger partial charge on any atom is -0.494 e. The number of ether oxygens (including phenoxy) is 1. The highest BCUT2D eigenvalue weighted by Gasteiger charge is 2.05. The lowest BCUT2D eigenvalue weighted by atomic mass is 10.2. The van der Waals surface area contributed by atoms with E-state index in [-0.39, 0.29) is 6.61 Å². The molecule has 1 N–H and O–H groups in total. The first-order chi connectivity index (χ1) is 8.35. The molecule has 0 aliphatic heterocycles. The second-order valence-electron chi connectivity index (χ2n) is 3.79. The third kappa shape index (κ3) is 2.65. The molecule has 0 amide bonds. The summed E-state index contributed by atoms with van der Waals surface area (Å²) < 4.78 is 7.09. The van der Waals surface area contributed by atoms with Crippen LogP contribution in [0.15, 0.2) is 36.7 Å². The molecule has 1 aromatic carbocycles. The molecule has 1 heterocycles. The van der Waals surface area contributed by atoms with E-state index in [1.807, 2.05) is 36.7 Å². The van der Waals surface area contributed by atoms with Gasteiger partial charge in [-0.15, -0.1) is 0 Å². The van der Waals surface area contributed by atoms with Crippen LogP contribution in [-0.2, 0) is 6.42 Å². The van der Waals surface area contributed by atoms with Gasteiger partial charge in [-0.05, 0) is 30.5 Å². The Morgan fingerprint density at radius 2 is 2.18 bits per heavy atom. The maximum atomic E-state index is 8.79. The van der Waals surface area contributed by atoms with Crippen molar-refractivity contribution in [3.8, 4) is 11.4 Å². The maximum Gasteiger partial charge on any atom is 0.144 e. The molecule has 2 aromatic rings. The van der Waals surface area contributed by atoms with Crippen molar-refractivity contribution in [3.05, 3.63) is 42.2 Å². The Hall–Kier alpha value is -1.81. The van der Waals surface area contributed by atoms with Crippen molar-refractivity contribution in [1.29, 1.82) is 0 Å². The average molecular weight is 232 g/mol. The van der Waals surface area contributed by atoms with Gasteiger partial charge in [0.05, 0.1) is 13.3 Å². The van der Waals surface area contributed by atoms with Crippen molar-refractivity contribution < 1.29 is 9.84 Å². The van der Waals surface area contributed by atoms with Crippen LogP contribution in [0.2, 0.25) is 0 Å². The van der Waals surface area contributed by atoms with Crippen molar-refractivity contribution in [2.45, 2.75) is 12.8 Å². The normalized spacial score (nSPS) is 10.5. The quantitative estimate of drug-likeness (QED) is 0.855. The van der Waals surface area contributed by atoms with Crippen LogP contribution in [0.5, 0.6) is 5.75 Å². The van der Waals surface area contributed by atoms with Gasteiger partial charge in [-0.3, -0.25) is 0 Å². The standard InChI is InChI=1S/C13H16N2O2/c1-17-13-7-3-2-6-12(13)15-10-11(9-14-15)5-4-8-16/h2-3,6-7,9-10,16H,4-5,8H2,1H3. The summed E-state index contributed by atoms with van der Waals surface area (Å²) in [5.74, 6) is 0.796. The van der Waals surface area contributed by atoms with E-state index in [0.29, 0.717) is 0 Å². The van der Waals surface area contributed by atoms with E-state index in [1.165, 1.54) is 0 Å². The van der Waals surface area contributed by atoms with Crippen LogP contribution in [0, 0.1) is 0 Å². The van der Waals surface area contributed by atoms with Gasteiger partial charge in [-0.25, -0.2) is 4.68 Å². The Morgan fingerprint density at radius 1 is 1.35 bits per heavy atom. The molecule has 0 unspecified atom stereocenters. The molecule has 0 atom stereocenters. The van der Waals surface area contributed by atoms with Gasteiger partial charge in [0.1, 0.15) is 11.4 Å². The van der Waals surface area contributed by atoms with Crippen LogP contribution in [-0.4, -0.2) is 28.6 Å². The second-order valence-corrected chi connectivity index (χ2v) is 3.79. The van der Waals surface area contributed by atoms with E-state index >= 15 is 0 Å². The van der Waals surface area contributed by atoms with Gasteiger partial charge in [-0.1, -0.05) is 12.1 Å². The van der Waals surface area contributed by atoms with Gasteiger partial charge in [0, 0.05) is 12.8 Å². The van der Waals surface area contributed by atoms with E-state index in [2.05, 4.69) is 5.10 Å². The SMILES string of the molecule is COc1ccccc1-n1cc(CCCO)cn1. The Morgan fingerprint density at radius 3 is 2.94 bits per heavy atom. The van der Waals surface area contributed by atoms with Crippen molar-refractivity contribution in [3.63, 3.8) is 0 Å². The summed E-state index contributed by atoms with van der Waals surface area (Å²) in [4.78, 5) is 0. The largest absolute Gasteiger partial charge is 0.494 e. The van der Waals surface area contributed by atoms with Gasteiger partial charge in [0.2, 0.25) is 0 Å². The van der Waals surface area contributed by atoms with Crippen molar-refractivity contribution in [1.82, 2.24) is 9.78 Å². The summed E-state index contributed by atoms with van der Waals surface area (Å²) in [6.45, 7) is 0.208. The van der Waals surface area contributed by atoms with E-state index < -0.39 is 0 Å². The molecule has 4 heteroatoms. The van der Waals surface area contributed by atoms with Crippen LogP contribution in [0.25, 0.3) is 5.69 Å². The minimum absolute atomic E-state index is 0.208. The molecule has 2 rings (SSSR count). The van der Waals surface area contributed by atoms with Crippen molar-refractivity contribution in [2.75, 3.05) is 13.7 Å². The fourth-order valence-corrected chi connectivity index (χ4v) is 1.72. The predicted octanol–water partition coefficient (Wildman–Crippen LogP) is 1.81. The van der Waals surface area contributed by atoms with Crippen LogP contribution < -0.4 is 4.74 Å². The van der Waals surface area contributed by atoms with Crippen LogP contribution in [0.3, 0.4) is 0 Å². The third-order valence-corrected chi connectivity index (χ3v) is 2.59. The lowest BCUT2D eigenvalue weighted by Crippen LogP contribution is -1.97. The third-order valence-electron chi connectivity index (χ3n) is 2.59. The molecule has 0 saturated carbocycles. The number of rotatable bonds is 5. The zero-order valence-electron chi connectivity index (χ0n) is 9.84. The smallest absolute Gasteiger partial charge is 0.144 e. The maximum absolute atomic E-state index is 8.79. The Kier molecular flexibility index (Phi) is 3.77. The summed E-state index contributed by atoms with van der Waals surface area (Å²) >= 11 is 0. The number of methoxy groups -OCH3 is 1. The Bertz CT molecular complexity index is 480. The number of hydrogen-bond donors (Lipinski definition) is 1. The first-order valence-corrected chi connectivity index (χ1v) is 5.63. The topological polar surface area (TPSA) is 47.3 Å². The molecule has 17 heavy (non-hydrogen) atoms. The summed E-state index contributed by atoms with van der Waals surface area (Å²) in [6.07, 6.45) is 5.39. The molecule has 0 fully saturated rings. The number of para-hydroxylation sites is 2. The van der Waals surface area contributed by atoms with Gasteiger partial charge < -0.3 is 9.84 Å². The Balaban J connectivity index is 2.24. The van der Waals surface area contributed by atoms with Crippen LogP contribution >= 0.6 is 0 Å². The first kappa shape index (κ1) is 11.7. The highest BCUT2D eigenvalue weighted by atomic mass is 16.5. The van der Waals surface area contributed by atoms with Gasteiger partial charge in [0.25, 0.3) is 0 Å². The molecule has 4 nitrogen and oxygen atoms in total. The molecule has 90 valence electrons. The van der Waals surface area contributed by atoms with E-state index in [4.69, 9.17) is 9.84 Å². The molecule has 0 spiro atoms. The molecular weight excluding hydrogens is 216 g/mol. The van der Waals surface area contributed by atoms with E-state index in [0.717, 1.165) is 29.8 Å². The molecule has 1 aromatic heterocycles. The van der Waals surface area contributed by atoms with Crippen molar-refractivity contribution in [2.24, 2.45) is 0 Å². The lowest BCUT2D eigenvalue weighted by molar-refractivity contribution is 0.288. The second kappa shape index (κ2) is 5.50. The highest BCUT2D eigenvalue weighted by Crippen LogP contribution is 2.21. The number of aliphatic hydroxyl groups is 1. The Labute approximate surface area is 100 Å². The fourth-order valence-electron chi connectivity index (χ4n) is 1.72. The van der Waals surface area contributed by atoms with Crippen LogP contribution in [0.1, 0.15) is 12.0 Å². The van der Waals surface area contributed by atoms with Gasteiger partial charge in [-0.2, -0.15) is 5.10 Å². The van der Waals surface area contributed by atoms with Crippen molar-refractivity contribution >= 4 is 0 Å². The summed E-state index contributed by atoms with van der Waals surface area (Å²) in [6, 6.07) is 7.75. The summed E-state index contributed by atoms with van der Waals surface area (Å²) in [5, 5.41) is 13.1.